The maximum absolute atomic E-state index is 12.3. The van der Waals surface area contributed by atoms with Crippen LogP contribution in [-0.4, -0.2) is 17.9 Å². The van der Waals surface area contributed by atoms with Gasteiger partial charge in [0.05, 0.1) is 0 Å². The van der Waals surface area contributed by atoms with E-state index in [1.54, 1.807) is 19.1 Å². The molecule has 0 saturated heterocycles. The molecule has 0 aliphatic rings. The van der Waals surface area contributed by atoms with Gasteiger partial charge in [-0.15, -0.1) is 0 Å². The Bertz CT molecular complexity index is 696. The third kappa shape index (κ3) is 4.85. The average Bonchev–Trinajstić information content (AvgIpc) is 2.51. The third-order valence-corrected chi connectivity index (χ3v) is 3.38. The van der Waals surface area contributed by atoms with Crippen molar-refractivity contribution in [2.24, 2.45) is 0 Å². The van der Waals surface area contributed by atoms with Crippen LogP contribution in [0, 0.1) is 6.92 Å². The highest BCUT2D eigenvalue weighted by Crippen LogP contribution is 2.16. The Kier molecular flexibility index (Phi) is 5.36. The molecule has 1 atom stereocenters. The first-order chi connectivity index (χ1) is 11.0. The van der Waals surface area contributed by atoms with E-state index in [-0.39, 0.29) is 17.9 Å². The minimum atomic E-state index is -0.388. The van der Waals surface area contributed by atoms with Crippen molar-refractivity contribution in [2.45, 2.75) is 26.8 Å². The lowest BCUT2D eigenvalue weighted by Crippen LogP contribution is -2.32. The van der Waals surface area contributed by atoms with Crippen LogP contribution in [0.25, 0.3) is 0 Å². The topological polar surface area (TPSA) is 70.2 Å². The largest absolute Gasteiger partial charge is 0.374 e. The number of rotatable bonds is 5. The fraction of sp³-hybridized carbons (Fsp3) is 0.222. The van der Waals surface area contributed by atoms with E-state index in [0.717, 1.165) is 22.6 Å². The van der Waals surface area contributed by atoms with Crippen molar-refractivity contribution < 1.29 is 9.59 Å². The molecule has 0 heterocycles. The summed E-state index contributed by atoms with van der Waals surface area (Å²) in [6.45, 7) is 5.22. The second-order valence-corrected chi connectivity index (χ2v) is 5.43. The zero-order chi connectivity index (χ0) is 16.8. The number of hydrogen-bond acceptors (Lipinski definition) is 3. The molecule has 0 aliphatic heterocycles. The summed E-state index contributed by atoms with van der Waals surface area (Å²) in [5.41, 5.74) is 3.37. The van der Waals surface area contributed by atoms with Crippen molar-refractivity contribution in [3.05, 3.63) is 54.1 Å². The zero-order valence-electron chi connectivity index (χ0n) is 13.5. The Labute approximate surface area is 136 Å². The summed E-state index contributed by atoms with van der Waals surface area (Å²) in [6, 6.07) is 14.5. The van der Waals surface area contributed by atoms with Gasteiger partial charge in [0.15, 0.2) is 0 Å². The van der Waals surface area contributed by atoms with Crippen LogP contribution in [0.1, 0.15) is 19.4 Å². The quantitative estimate of drug-likeness (QED) is 0.792. The van der Waals surface area contributed by atoms with Crippen LogP contribution < -0.4 is 16.0 Å². The van der Waals surface area contributed by atoms with Crippen LogP contribution in [0.4, 0.5) is 17.1 Å². The molecule has 23 heavy (non-hydrogen) atoms. The summed E-state index contributed by atoms with van der Waals surface area (Å²) in [6.07, 6.45) is 0. The van der Waals surface area contributed by atoms with E-state index in [0.29, 0.717) is 0 Å². The normalized spacial score (nSPS) is 11.4. The molecule has 2 aromatic carbocycles. The molecule has 2 aromatic rings. The second-order valence-electron chi connectivity index (χ2n) is 5.43. The van der Waals surface area contributed by atoms with Crippen LogP contribution in [-0.2, 0) is 9.59 Å². The van der Waals surface area contributed by atoms with Crippen molar-refractivity contribution >= 4 is 28.9 Å². The number of nitrogens with one attached hydrogen (secondary N) is 3. The molecular formula is C18H21N3O2. The van der Waals surface area contributed by atoms with Crippen molar-refractivity contribution in [1.82, 2.24) is 0 Å². The Morgan fingerprint density at radius 2 is 1.52 bits per heavy atom. The number of para-hydroxylation sites is 1. The molecule has 0 unspecified atom stereocenters. The van der Waals surface area contributed by atoms with Gasteiger partial charge in [0.1, 0.15) is 6.04 Å². The SMILES string of the molecule is CC(=O)Nc1ccc(N[C@@H](C)C(=O)Nc2ccccc2C)cc1. The Hall–Kier alpha value is -2.82. The Morgan fingerprint density at radius 1 is 0.913 bits per heavy atom. The summed E-state index contributed by atoms with van der Waals surface area (Å²) in [5, 5.41) is 8.75. The van der Waals surface area contributed by atoms with E-state index in [1.165, 1.54) is 6.92 Å². The van der Waals surface area contributed by atoms with Gasteiger partial charge in [-0.05, 0) is 49.7 Å². The standard InChI is InChI=1S/C18H21N3O2/c1-12-6-4-5-7-17(12)21-18(23)13(2)19-15-8-10-16(11-9-15)20-14(3)22/h4-11,13,19H,1-3H3,(H,20,22)(H,21,23)/t13-/m0/s1. The van der Waals surface area contributed by atoms with E-state index in [1.807, 2.05) is 43.3 Å². The number of carbonyl (C=O) groups is 2. The molecule has 0 radical (unpaired) electrons. The average molecular weight is 311 g/mol. The van der Waals surface area contributed by atoms with Crippen molar-refractivity contribution in [1.29, 1.82) is 0 Å². The van der Waals surface area contributed by atoms with Crippen molar-refractivity contribution in [3.8, 4) is 0 Å². The second kappa shape index (κ2) is 7.45. The van der Waals surface area contributed by atoms with Crippen LogP contribution >= 0.6 is 0 Å². The monoisotopic (exact) mass is 311 g/mol. The maximum Gasteiger partial charge on any atom is 0.246 e. The van der Waals surface area contributed by atoms with Crippen LogP contribution in [0.15, 0.2) is 48.5 Å². The first-order valence-electron chi connectivity index (χ1n) is 7.46. The third-order valence-electron chi connectivity index (χ3n) is 3.38. The lowest BCUT2D eigenvalue weighted by atomic mass is 10.2. The first kappa shape index (κ1) is 16.5. The number of amides is 2. The number of aryl methyl sites for hydroxylation is 1. The van der Waals surface area contributed by atoms with Gasteiger partial charge in [-0.2, -0.15) is 0 Å². The van der Waals surface area contributed by atoms with Crippen LogP contribution in [0.3, 0.4) is 0 Å². The molecule has 0 saturated carbocycles. The molecule has 0 aromatic heterocycles. The van der Waals surface area contributed by atoms with E-state index >= 15 is 0 Å². The minimum absolute atomic E-state index is 0.106. The molecule has 2 rings (SSSR count). The minimum Gasteiger partial charge on any atom is -0.374 e. The number of benzene rings is 2. The van der Waals surface area contributed by atoms with Gasteiger partial charge < -0.3 is 16.0 Å². The number of hydrogen-bond donors (Lipinski definition) is 3. The highest BCUT2D eigenvalue weighted by atomic mass is 16.2. The van der Waals surface area contributed by atoms with Crippen molar-refractivity contribution in [2.75, 3.05) is 16.0 Å². The highest BCUT2D eigenvalue weighted by molar-refractivity contribution is 5.96. The summed E-state index contributed by atoms with van der Waals surface area (Å²) in [4.78, 5) is 23.2. The summed E-state index contributed by atoms with van der Waals surface area (Å²) >= 11 is 0. The molecule has 3 N–H and O–H groups in total. The van der Waals surface area contributed by atoms with Gasteiger partial charge >= 0.3 is 0 Å². The fourth-order valence-electron chi connectivity index (χ4n) is 2.12. The smallest absolute Gasteiger partial charge is 0.246 e. The fourth-order valence-corrected chi connectivity index (χ4v) is 2.12. The Morgan fingerprint density at radius 3 is 2.13 bits per heavy atom. The molecule has 0 aliphatic carbocycles. The predicted molar refractivity (Wildman–Crippen MR) is 93.6 cm³/mol. The van der Waals surface area contributed by atoms with Crippen molar-refractivity contribution in [3.63, 3.8) is 0 Å². The summed E-state index contributed by atoms with van der Waals surface area (Å²) < 4.78 is 0. The van der Waals surface area contributed by atoms with E-state index in [2.05, 4.69) is 16.0 Å². The number of carbonyl (C=O) groups excluding carboxylic acids is 2. The molecular weight excluding hydrogens is 290 g/mol. The zero-order valence-corrected chi connectivity index (χ0v) is 13.5. The van der Waals surface area contributed by atoms with E-state index < -0.39 is 0 Å². The molecule has 2 amide bonds. The molecule has 0 spiro atoms. The van der Waals surface area contributed by atoms with Gasteiger partial charge in [-0.1, -0.05) is 18.2 Å². The summed E-state index contributed by atoms with van der Waals surface area (Å²) in [5.74, 6) is -0.220. The Balaban J connectivity index is 1.95. The maximum atomic E-state index is 12.3. The summed E-state index contributed by atoms with van der Waals surface area (Å²) in [7, 11) is 0. The van der Waals surface area contributed by atoms with Gasteiger partial charge in [0, 0.05) is 24.0 Å². The molecule has 5 nitrogen and oxygen atoms in total. The molecule has 5 heteroatoms. The molecule has 0 bridgehead atoms. The van der Waals surface area contributed by atoms with E-state index in [4.69, 9.17) is 0 Å². The molecule has 0 fully saturated rings. The van der Waals surface area contributed by atoms with E-state index in [9.17, 15) is 9.59 Å². The highest BCUT2D eigenvalue weighted by Gasteiger charge is 2.13. The lowest BCUT2D eigenvalue weighted by molar-refractivity contribution is -0.116. The van der Waals surface area contributed by atoms with Crippen LogP contribution in [0.2, 0.25) is 0 Å². The number of anilines is 3. The van der Waals surface area contributed by atoms with Gasteiger partial charge in [-0.3, -0.25) is 9.59 Å². The molecule has 120 valence electrons. The lowest BCUT2D eigenvalue weighted by Gasteiger charge is -2.16. The van der Waals surface area contributed by atoms with Gasteiger partial charge in [0.25, 0.3) is 0 Å². The van der Waals surface area contributed by atoms with Gasteiger partial charge in [0.2, 0.25) is 11.8 Å². The van der Waals surface area contributed by atoms with Crippen LogP contribution in [0.5, 0.6) is 0 Å². The first-order valence-corrected chi connectivity index (χ1v) is 7.46. The predicted octanol–water partition coefficient (Wildman–Crippen LogP) is 3.39. The van der Waals surface area contributed by atoms with Gasteiger partial charge in [-0.25, -0.2) is 0 Å².